The molecule has 112 valence electrons. The number of benzene rings is 1. The topological polar surface area (TPSA) is 29.3 Å². The first-order chi connectivity index (χ1) is 9.55. The van der Waals surface area contributed by atoms with E-state index in [1.54, 1.807) is 6.07 Å². The van der Waals surface area contributed by atoms with Crippen molar-refractivity contribution in [3.05, 3.63) is 35.6 Å². The van der Waals surface area contributed by atoms with Crippen LogP contribution in [0.4, 0.5) is 4.39 Å². The zero-order valence-electron chi connectivity index (χ0n) is 12.7. The van der Waals surface area contributed by atoms with Crippen molar-refractivity contribution in [2.24, 2.45) is 11.7 Å². The van der Waals surface area contributed by atoms with E-state index < -0.39 is 0 Å². The van der Waals surface area contributed by atoms with E-state index >= 15 is 0 Å². The summed E-state index contributed by atoms with van der Waals surface area (Å²) in [5.74, 6) is 0.660. The molecule has 2 nitrogen and oxygen atoms in total. The van der Waals surface area contributed by atoms with Crippen LogP contribution in [0.15, 0.2) is 24.3 Å². The Morgan fingerprint density at radius 2 is 1.95 bits per heavy atom. The van der Waals surface area contributed by atoms with Gasteiger partial charge in [-0.2, -0.15) is 0 Å². The fraction of sp³-hybridized carbons (Fsp3) is 0.647. The lowest BCUT2D eigenvalue weighted by atomic mass is 9.90. The lowest BCUT2D eigenvalue weighted by molar-refractivity contribution is 0.121. The average molecular weight is 278 g/mol. The van der Waals surface area contributed by atoms with Crippen LogP contribution in [0.2, 0.25) is 0 Å². The summed E-state index contributed by atoms with van der Waals surface area (Å²) in [4.78, 5) is 2.34. The average Bonchev–Trinajstić information content (AvgIpc) is 2.94. The van der Waals surface area contributed by atoms with Gasteiger partial charge in [0.15, 0.2) is 0 Å². The molecule has 0 bridgehead atoms. The van der Waals surface area contributed by atoms with Gasteiger partial charge in [-0.25, -0.2) is 4.39 Å². The number of hydrogen-bond donors (Lipinski definition) is 1. The van der Waals surface area contributed by atoms with Gasteiger partial charge in [-0.3, -0.25) is 4.90 Å². The Balaban J connectivity index is 2.05. The van der Waals surface area contributed by atoms with Crippen molar-refractivity contribution in [3.63, 3.8) is 0 Å². The molecule has 3 heteroatoms. The van der Waals surface area contributed by atoms with Crippen LogP contribution in [-0.4, -0.2) is 30.6 Å². The Bertz CT molecular complexity index is 429. The van der Waals surface area contributed by atoms with Gasteiger partial charge in [0.2, 0.25) is 0 Å². The maximum Gasteiger partial charge on any atom is 0.126 e. The minimum absolute atomic E-state index is 0.124. The molecule has 0 saturated heterocycles. The summed E-state index contributed by atoms with van der Waals surface area (Å²) < 4.78 is 13.9. The van der Waals surface area contributed by atoms with Crippen molar-refractivity contribution >= 4 is 0 Å². The molecule has 1 aliphatic rings. The van der Waals surface area contributed by atoms with Crippen molar-refractivity contribution in [2.45, 2.75) is 44.6 Å². The lowest BCUT2D eigenvalue weighted by Gasteiger charge is -2.39. The zero-order chi connectivity index (χ0) is 14.6. The van der Waals surface area contributed by atoms with Gasteiger partial charge in [0, 0.05) is 18.6 Å². The van der Waals surface area contributed by atoms with Crippen LogP contribution >= 0.6 is 0 Å². The Kier molecular flexibility index (Phi) is 5.17. The molecule has 1 aromatic rings. The van der Waals surface area contributed by atoms with Crippen LogP contribution in [0, 0.1) is 11.7 Å². The lowest BCUT2D eigenvalue weighted by Crippen LogP contribution is -2.52. The molecular weight excluding hydrogens is 251 g/mol. The third-order valence-electron chi connectivity index (χ3n) is 4.90. The van der Waals surface area contributed by atoms with Crippen LogP contribution in [-0.2, 0) is 6.42 Å². The Morgan fingerprint density at radius 1 is 1.30 bits per heavy atom. The molecule has 1 unspecified atom stereocenters. The summed E-state index contributed by atoms with van der Waals surface area (Å²) in [6.07, 6.45) is 6.02. The van der Waals surface area contributed by atoms with Crippen LogP contribution in [0.5, 0.6) is 0 Å². The first kappa shape index (κ1) is 15.5. The molecule has 1 saturated carbocycles. The smallest absolute Gasteiger partial charge is 0.126 e. The van der Waals surface area contributed by atoms with Gasteiger partial charge in [0.1, 0.15) is 5.82 Å². The quantitative estimate of drug-likeness (QED) is 0.866. The van der Waals surface area contributed by atoms with Gasteiger partial charge in [-0.1, -0.05) is 31.0 Å². The number of rotatable bonds is 6. The van der Waals surface area contributed by atoms with E-state index in [0.717, 1.165) is 18.0 Å². The van der Waals surface area contributed by atoms with Crippen molar-refractivity contribution in [3.8, 4) is 0 Å². The van der Waals surface area contributed by atoms with Crippen molar-refractivity contribution in [2.75, 3.05) is 20.1 Å². The van der Waals surface area contributed by atoms with E-state index in [1.165, 1.54) is 31.7 Å². The zero-order valence-corrected chi connectivity index (χ0v) is 12.7. The molecule has 2 N–H and O–H groups in total. The largest absolute Gasteiger partial charge is 0.329 e. The monoisotopic (exact) mass is 278 g/mol. The van der Waals surface area contributed by atoms with Gasteiger partial charge in [0.05, 0.1) is 0 Å². The van der Waals surface area contributed by atoms with Crippen LogP contribution in [0.25, 0.3) is 0 Å². The van der Waals surface area contributed by atoms with E-state index in [9.17, 15) is 4.39 Å². The highest BCUT2D eigenvalue weighted by molar-refractivity contribution is 5.20. The summed E-state index contributed by atoms with van der Waals surface area (Å²) in [7, 11) is 2.13. The molecule has 0 aliphatic heterocycles. The van der Waals surface area contributed by atoms with E-state index in [0.29, 0.717) is 13.0 Å². The van der Waals surface area contributed by atoms with Gasteiger partial charge in [-0.05, 0) is 50.8 Å². The standard InChI is InChI=1S/C17H27FN2/c1-17(13-19,11-15-9-5-6-10-16(15)18)20(2)12-14-7-3-4-8-14/h5-6,9-10,14H,3-4,7-8,11-13,19H2,1-2H3. The number of nitrogens with two attached hydrogens (primary N) is 1. The van der Waals surface area contributed by atoms with Crippen LogP contribution in [0.3, 0.4) is 0 Å². The van der Waals surface area contributed by atoms with Crippen molar-refractivity contribution < 1.29 is 4.39 Å². The molecule has 1 fully saturated rings. The predicted molar refractivity (Wildman–Crippen MR) is 82.2 cm³/mol. The maximum absolute atomic E-state index is 13.9. The second-order valence-electron chi connectivity index (χ2n) is 6.50. The van der Waals surface area contributed by atoms with Crippen molar-refractivity contribution in [1.29, 1.82) is 0 Å². The highest BCUT2D eigenvalue weighted by atomic mass is 19.1. The van der Waals surface area contributed by atoms with E-state index in [4.69, 9.17) is 5.73 Å². The highest BCUT2D eigenvalue weighted by Gasteiger charge is 2.31. The number of likely N-dealkylation sites (N-methyl/N-ethyl adjacent to an activating group) is 1. The summed E-state index contributed by atoms with van der Waals surface area (Å²) in [5.41, 5.74) is 6.60. The van der Waals surface area contributed by atoms with E-state index in [1.807, 2.05) is 12.1 Å². The van der Waals surface area contributed by atoms with Crippen LogP contribution < -0.4 is 5.73 Å². The SMILES string of the molecule is CN(CC1CCCC1)C(C)(CN)Cc1ccccc1F. The Morgan fingerprint density at radius 3 is 2.55 bits per heavy atom. The Labute approximate surface area is 122 Å². The number of hydrogen-bond acceptors (Lipinski definition) is 2. The van der Waals surface area contributed by atoms with Gasteiger partial charge in [0.25, 0.3) is 0 Å². The third-order valence-corrected chi connectivity index (χ3v) is 4.90. The number of halogens is 1. The van der Waals surface area contributed by atoms with Crippen molar-refractivity contribution in [1.82, 2.24) is 4.90 Å². The fourth-order valence-electron chi connectivity index (χ4n) is 3.22. The van der Waals surface area contributed by atoms with E-state index in [2.05, 4.69) is 18.9 Å². The predicted octanol–water partition coefficient (Wildman–Crippen LogP) is 3.21. The second kappa shape index (κ2) is 6.68. The molecule has 0 radical (unpaired) electrons. The summed E-state index contributed by atoms with van der Waals surface area (Å²) in [5, 5.41) is 0. The normalized spacial score (nSPS) is 19.4. The summed E-state index contributed by atoms with van der Waals surface area (Å²) in [6.45, 7) is 3.76. The molecule has 2 rings (SSSR count). The third kappa shape index (κ3) is 3.58. The Hall–Kier alpha value is -0.930. The van der Waals surface area contributed by atoms with E-state index in [-0.39, 0.29) is 11.4 Å². The molecular formula is C17H27FN2. The first-order valence-corrected chi connectivity index (χ1v) is 7.70. The number of nitrogens with zero attached hydrogens (tertiary/aromatic N) is 1. The highest BCUT2D eigenvalue weighted by Crippen LogP contribution is 2.28. The second-order valence-corrected chi connectivity index (χ2v) is 6.50. The van der Waals surface area contributed by atoms with Gasteiger partial charge in [-0.15, -0.1) is 0 Å². The fourth-order valence-corrected chi connectivity index (χ4v) is 3.22. The van der Waals surface area contributed by atoms with Gasteiger partial charge >= 0.3 is 0 Å². The summed E-state index contributed by atoms with van der Waals surface area (Å²) >= 11 is 0. The minimum atomic E-state index is -0.176. The first-order valence-electron chi connectivity index (χ1n) is 7.70. The molecule has 0 amide bonds. The minimum Gasteiger partial charge on any atom is -0.329 e. The molecule has 1 aliphatic carbocycles. The maximum atomic E-state index is 13.9. The molecule has 0 aromatic heterocycles. The van der Waals surface area contributed by atoms with Gasteiger partial charge < -0.3 is 5.73 Å². The molecule has 0 heterocycles. The molecule has 1 aromatic carbocycles. The van der Waals surface area contributed by atoms with Crippen LogP contribution in [0.1, 0.15) is 38.2 Å². The molecule has 20 heavy (non-hydrogen) atoms. The molecule has 1 atom stereocenters. The molecule has 0 spiro atoms. The summed E-state index contributed by atoms with van der Waals surface area (Å²) in [6, 6.07) is 7.03.